The molecule has 100 valence electrons. The molecule has 1 N–H and O–H groups in total. The maximum absolute atomic E-state index is 9.21. The molecular weight excluding hydrogens is 248 g/mol. The van der Waals surface area contributed by atoms with E-state index in [1.54, 1.807) is 0 Å². The van der Waals surface area contributed by atoms with E-state index in [0.29, 0.717) is 5.71 Å². The van der Waals surface area contributed by atoms with E-state index in [4.69, 9.17) is 0 Å². The molecule has 0 aliphatic heterocycles. The lowest BCUT2D eigenvalue weighted by atomic mass is 10.0. The van der Waals surface area contributed by atoms with Crippen LogP contribution in [0.5, 0.6) is 0 Å². The molecule has 3 rings (SSSR count). The van der Waals surface area contributed by atoms with E-state index in [1.807, 2.05) is 44.3 Å². The molecule has 3 heteroatoms. The Kier molecular flexibility index (Phi) is 3.03. The zero-order valence-electron chi connectivity index (χ0n) is 11.5. The average Bonchev–Trinajstić information content (AvgIpc) is 2.81. The number of oxime groups is 1. The van der Waals surface area contributed by atoms with Crippen molar-refractivity contribution in [3.63, 3.8) is 0 Å². The Morgan fingerprint density at radius 3 is 2.35 bits per heavy atom. The van der Waals surface area contributed by atoms with E-state index < -0.39 is 0 Å². The number of nitrogens with zero attached hydrogens (tertiary/aromatic N) is 2. The van der Waals surface area contributed by atoms with Crippen molar-refractivity contribution in [2.45, 2.75) is 6.92 Å². The van der Waals surface area contributed by atoms with Crippen molar-refractivity contribution in [3.05, 3.63) is 60.2 Å². The van der Waals surface area contributed by atoms with Crippen molar-refractivity contribution in [2.75, 3.05) is 0 Å². The topological polar surface area (TPSA) is 37.5 Å². The molecule has 0 unspecified atom stereocenters. The van der Waals surface area contributed by atoms with Gasteiger partial charge >= 0.3 is 0 Å². The smallest absolute Gasteiger partial charge is 0.0864 e. The molecule has 0 spiro atoms. The lowest BCUT2D eigenvalue weighted by molar-refractivity contribution is 0.319. The number of hydrogen-bond acceptors (Lipinski definition) is 2. The van der Waals surface area contributed by atoms with Crippen LogP contribution in [0.1, 0.15) is 12.5 Å². The lowest BCUT2D eigenvalue weighted by Crippen LogP contribution is -1.99. The van der Waals surface area contributed by atoms with Gasteiger partial charge in [0.25, 0.3) is 0 Å². The molecule has 0 saturated heterocycles. The summed E-state index contributed by atoms with van der Waals surface area (Å²) < 4.78 is 2.15. The van der Waals surface area contributed by atoms with Gasteiger partial charge < -0.3 is 9.77 Å². The number of aromatic nitrogens is 1. The molecule has 0 saturated carbocycles. The number of aryl methyl sites for hydroxylation is 1. The third-order valence-electron chi connectivity index (χ3n) is 3.67. The SMILES string of the molecule is C/C(=N\O)c1c(-c2ccccc2)n(C)c2ccccc12. The van der Waals surface area contributed by atoms with Crippen LogP contribution in [-0.2, 0) is 7.05 Å². The predicted molar refractivity (Wildman–Crippen MR) is 82.4 cm³/mol. The number of benzene rings is 2. The molecule has 3 nitrogen and oxygen atoms in total. The monoisotopic (exact) mass is 264 g/mol. The average molecular weight is 264 g/mol. The molecule has 0 aliphatic rings. The van der Waals surface area contributed by atoms with Gasteiger partial charge in [0.05, 0.1) is 11.4 Å². The van der Waals surface area contributed by atoms with E-state index >= 15 is 0 Å². The van der Waals surface area contributed by atoms with Crippen molar-refractivity contribution < 1.29 is 5.21 Å². The molecule has 20 heavy (non-hydrogen) atoms. The van der Waals surface area contributed by atoms with Crippen molar-refractivity contribution in [1.29, 1.82) is 0 Å². The molecule has 0 radical (unpaired) electrons. The molecule has 0 atom stereocenters. The van der Waals surface area contributed by atoms with Crippen LogP contribution in [0.4, 0.5) is 0 Å². The molecule has 0 aliphatic carbocycles. The van der Waals surface area contributed by atoms with Crippen LogP contribution in [0.3, 0.4) is 0 Å². The van der Waals surface area contributed by atoms with Crippen LogP contribution in [-0.4, -0.2) is 15.5 Å². The third-order valence-corrected chi connectivity index (χ3v) is 3.67. The van der Waals surface area contributed by atoms with Gasteiger partial charge in [-0.25, -0.2) is 0 Å². The number of fused-ring (bicyclic) bond motifs is 1. The summed E-state index contributed by atoms with van der Waals surface area (Å²) in [6, 6.07) is 18.3. The molecule has 1 heterocycles. The van der Waals surface area contributed by atoms with Crippen molar-refractivity contribution in [3.8, 4) is 11.3 Å². The Balaban J connectivity index is 2.44. The Morgan fingerprint density at radius 1 is 1.00 bits per heavy atom. The Morgan fingerprint density at radius 2 is 1.65 bits per heavy atom. The Hall–Kier alpha value is -2.55. The minimum Gasteiger partial charge on any atom is -0.411 e. The molecule has 2 aromatic carbocycles. The fourth-order valence-corrected chi connectivity index (χ4v) is 2.74. The molecular formula is C17H16N2O. The maximum Gasteiger partial charge on any atom is 0.0864 e. The number of rotatable bonds is 2. The highest BCUT2D eigenvalue weighted by molar-refractivity contribution is 6.14. The number of hydrogen-bond donors (Lipinski definition) is 1. The summed E-state index contributed by atoms with van der Waals surface area (Å²) in [4.78, 5) is 0. The fraction of sp³-hybridized carbons (Fsp3) is 0.118. The van der Waals surface area contributed by atoms with E-state index in [1.165, 1.54) is 0 Å². The van der Waals surface area contributed by atoms with E-state index in [0.717, 1.165) is 27.7 Å². The predicted octanol–water partition coefficient (Wildman–Crippen LogP) is 4.04. The highest BCUT2D eigenvalue weighted by atomic mass is 16.4. The zero-order valence-corrected chi connectivity index (χ0v) is 11.5. The molecule has 0 amide bonds. The van der Waals surface area contributed by atoms with E-state index in [9.17, 15) is 5.21 Å². The Bertz CT molecular complexity index is 785. The van der Waals surface area contributed by atoms with Crippen molar-refractivity contribution in [1.82, 2.24) is 4.57 Å². The highest BCUT2D eigenvalue weighted by Gasteiger charge is 2.18. The molecule has 3 aromatic rings. The quantitative estimate of drug-likeness (QED) is 0.423. The van der Waals surface area contributed by atoms with Gasteiger partial charge in [-0.1, -0.05) is 53.7 Å². The zero-order chi connectivity index (χ0) is 14.1. The first-order chi connectivity index (χ1) is 9.74. The Labute approximate surface area is 117 Å². The summed E-state index contributed by atoms with van der Waals surface area (Å²) in [5.41, 5.74) is 4.92. The fourth-order valence-electron chi connectivity index (χ4n) is 2.74. The minimum absolute atomic E-state index is 0.626. The minimum atomic E-state index is 0.626. The second-order valence-corrected chi connectivity index (χ2v) is 4.85. The van der Waals surface area contributed by atoms with E-state index in [-0.39, 0.29) is 0 Å². The first-order valence-electron chi connectivity index (χ1n) is 6.56. The van der Waals surface area contributed by atoms with Gasteiger partial charge in [-0.2, -0.15) is 0 Å². The van der Waals surface area contributed by atoms with Gasteiger partial charge in [0.1, 0.15) is 0 Å². The largest absolute Gasteiger partial charge is 0.411 e. The van der Waals surface area contributed by atoms with Gasteiger partial charge in [0.2, 0.25) is 0 Å². The molecule has 1 aromatic heterocycles. The van der Waals surface area contributed by atoms with E-state index in [2.05, 4.69) is 34.0 Å². The van der Waals surface area contributed by atoms with Gasteiger partial charge in [-0.15, -0.1) is 0 Å². The maximum atomic E-state index is 9.21. The van der Waals surface area contributed by atoms with Crippen LogP contribution in [0.25, 0.3) is 22.2 Å². The summed E-state index contributed by atoms with van der Waals surface area (Å²) in [6.45, 7) is 1.83. The van der Waals surface area contributed by atoms with Crippen molar-refractivity contribution in [2.24, 2.45) is 12.2 Å². The summed E-state index contributed by atoms with van der Waals surface area (Å²) in [5, 5.41) is 13.7. The first kappa shape index (κ1) is 12.5. The standard InChI is InChI=1S/C17H16N2O/c1-12(18-20)16-14-10-6-7-11-15(14)19(2)17(16)13-8-4-3-5-9-13/h3-11,20H,1-2H3/b18-12+. The summed E-state index contributed by atoms with van der Waals surface area (Å²) in [5.74, 6) is 0. The molecule has 0 fully saturated rings. The summed E-state index contributed by atoms with van der Waals surface area (Å²) in [7, 11) is 2.04. The van der Waals surface area contributed by atoms with Gasteiger partial charge in [0, 0.05) is 23.5 Å². The van der Waals surface area contributed by atoms with Gasteiger partial charge in [-0.05, 0) is 18.6 Å². The van der Waals surface area contributed by atoms with Crippen molar-refractivity contribution >= 4 is 16.6 Å². The first-order valence-corrected chi connectivity index (χ1v) is 6.56. The summed E-state index contributed by atoms with van der Waals surface area (Å²) >= 11 is 0. The third kappa shape index (κ3) is 1.79. The highest BCUT2D eigenvalue weighted by Crippen LogP contribution is 2.33. The second kappa shape index (κ2) is 4.85. The van der Waals surface area contributed by atoms with Crippen LogP contribution >= 0.6 is 0 Å². The lowest BCUT2D eigenvalue weighted by Gasteiger charge is -2.07. The van der Waals surface area contributed by atoms with Gasteiger partial charge in [-0.3, -0.25) is 0 Å². The van der Waals surface area contributed by atoms with Crippen LogP contribution in [0, 0.1) is 0 Å². The molecule has 0 bridgehead atoms. The second-order valence-electron chi connectivity index (χ2n) is 4.85. The normalized spacial score (nSPS) is 12.0. The van der Waals surface area contributed by atoms with Crippen LogP contribution in [0.15, 0.2) is 59.8 Å². The summed E-state index contributed by atoms with van der Waals surface area (Å²) in [6.07, 6.45) is 0. The van der Waals surface area contributed by atoms with Gasteiger partial charge in [0.15, 0.2) is 0 Å². The van der Waals surface area contributed by atoms with Crippen LogP contribution < -0.4 is 0 Å². The van der Waals surface area contributed by atoms with Crippen LogP contribution in [0.2, 0.25) is 0 Å². The number of para-hydroxylation sites is 1.